The monoisotopic (exact) mass is 383 g/mol. The van der Waals surface area contributed by atoms with E-state index in [4.69, 9.17) is 4.74 Å². The molecule has 0 spiro atoms. The van der Waals surface area contributed by atoms with Crippen molar-refractivity contribution in [3.8, 4) is 0 Å². The van der Waals surface area contributed by atoms with E-state index >= 15 is 0 Å². The molecule has 27 heavy (non-hydrogen) atoms. The molecule has 0 aliphatic rings. The first-order chi connectivity index (χ1) is 13.0. The minimum absolute atomic E-state index is 0.137. The van der Waals surface area contributed by atoms with Gasteiger partial charge >= 0.3 is 5.97 Å². The fraction of sp³-hybridized carbons (Fsp3) is 0.0500. The molecular formula is C20H14FNO4S. The van der Waals surface area contributed by atoms with Gasteiger partial charge in [0.2, 0.25) is 5.78 Å². The van der Waals surface area contributed by atoms with Gasteiger partial charge in [-0.1, -0.05) is 24.3 Å². The SMILES string of the molecule is O=C(OCC(=O)c1ccccc1F)c1cccc(NC(=O)c2cccs2)c1. The smallest absolute Gasteiger partial charge is 0.338 e. The molecule has 1 N–H and O–H groups in total. The van der Waals surface area contributed by atoms with Crippen molar-refractivity contribution in [1.29, 1.82) is 0 Å². The second kappa shape index (κ2) is 8.37. The number of amides is 1. The molecule has 3 rings (SSSR count). The molecule has 0 aliphatic carbocycles. The number of rotatable bonds is 6. The standard InChI is InChI=1S/C20H14FNO4S/c21-16-8-2-1-7-15(16)17(23)12-26-20(25)13-5-3-6-14(11-13)22-19(24)18-9-4-10-27-18/h1-11H,12H2,(H,22,24). The van der Waals surface area contributed by atoms with Gasteiger partial charge in [-0.05, 0) is 41.8 Å². The van der Waals surface area contributed by atoms with Crippen LogP contribution in [0.4, 0.5) is 10.1 Å². The Kier molecular flexibility index (Phi) is 5.73. The van der Waals surface area contributed by atoms with Crippen molar-refractivity contribution in [2.45, 2.75) is 0 Å². The van der Waals surface area contributed by atoms with Crippen LogP contribution >= 0.6 is 11.3 Å². The first kappa shape index (κ1) is 18.5. The average Bonchev–Trinajstić information content (AvgIpc) is 3.21. The molecule has 0 atom stereocenters. The first-order valence-corrected chi connectivity index (χ1v) is 8.82. The van der Waals surface area contributed by atoms with Gasteiger partial charge in [-0.2, -0.15) is 0 Å². The lowest BCUT2D eigenvalue weighted by Gasteiger charge is -2.07. The molecule has 1 amide bonds. The van der Waals surface area contributed by atoms with Gasteiger partial charge in [0.15, 0.2) is 6.61 Å². The third-order valence-electron chi connectivity index (χ3n) is 3.61. The van der Waals surface area contributed by atoms with Crippen molar-refractivity contribution in [3.63, 3.8) is 0 Å². The van der Waals surface area contributed by atoms with Crippen LogP contribution in [0.25, 0.3) is 0 Å². The molecule has 3 aromatic rings. The van der Waals surface area contributed by atoms with Gasteiger partial charge in [-0.25, -0.2) is 9.18 Å². The minimum Gasteiger partial charge on any atom is -0.454 e. The highest BCUT2D eigenvalue weighted by Crippen LogP contribution is 2.16. The molecule has 2 aromatic carbocycles. The topological polar surface area (TPSA) is 72.5 Å². The summed E-state index contributed by atoms with van der Waals surface area (Å²) in [4.78, 5) is 36.7. The quantitative estimate of drug-likeness (QED) is 0.512. The zero-order chi connectivity index (χ0) is 19.2. The number of thiophene rings is 1. The van der Waals surface area contributed by atoms with Gasteiger partial charge in [0, 0.05) is 5.69 Å². The fourth-order valence-corrected chi connectivity index (χ4v) is 2.92. The predicted octanol–water partition coefficient (Wildman–Crippen LogP) is 4.18. The van der Waals surface area contributed by atoms with E-state index in [0.717, 1.165) is 6.07 Å². The highest BCUT2D eigenvalue weighted by atomic mass is 32.1. The maximum Gasteiger partial charge on any atom is 0.338 e. The number of carbonyl (C=O) groups excluding carboxylic acids is 3. The third kappa shape index (κ3) is 4.65. The molecule has 0 fully saturated rings. The Hall–Kier alpha value is -3.32. The highest BCUT2D eigenvalue weighted by molar-refractivity contribution is 7.12. The zero-order valence-corrected chi connectivity index (χ0v) is 14.8. The molecule has 1 heterocycles. The van der Waals surface area contributed by atoms with E-state index in [2.05, 4.69) is 5.32 Å². The van der Waals surface area contributed by atoms with Crippen LogP contribution in [0.2, 0.25) is 0 Å². The molecule has 136 valence electrons. The van der Waals surface area contributed by atoms with E-state index in [1.807, 2.05) is 0 Å². The summed E-state index contributed by atoms with van der Waals surface area (Å²) in [6.45, 7) is -0.578. The largest absolute Gasteiger partial charge is 0.454 e. The van der Waals surface area contributed by atoms with Crippen LogP contribution in [0.3, 0.4) is 0 Å². The van der Waals surface area contributed by atoms with Crippen LogP contribution in [0, 0.1) is 5.82 Å². The Balaban J connectivity index is 1.62. The second-order valence-electron chi connectivity index (χ2n) is 5.49. The highest BCUT2D eigenvalue weighted by Gasteiger charge is 2.15. The lowest BCUT2D eigenvalue weighted by atomic mass is 10.1. The van der Waals surface area contributed by atoms with Crippen LogP contribution in [-0.4, -0.2) is 24.3 Å². The van der Waals surface area contributed by atoms with E-state index in [-0.39, 0.29) is 17.0 Å². The number of benzene rings is 2. The van der Waals surface area contributed by atoms with E-state index < -0.39 is 24.2 Å². The summed E-state index contributed by atoms with van der Waals surface area (Å²) >= 11 is 1.30. The molecule has 1 aromatic heterocycles. The lowest BCUT2D eigenvalue weighted by Crippen LogP contribution is -2.16. The van der Waals surface area contributed by atoms with Crippen molar-refractivity contribution < 1.29 is 23.5 Å². The maximum absolute atomic E-state index is 13.6. The van der Waals surface area contributed by atoms with Gasteiger partial charge in [0.1, 0.15) is 5.82 Å². The third-order valence-corrected chi connectivity index (χ3v) is 4.48. The molecule has 0 radical (unpaired) electrons. The number of hydrogen-bond donors (Lipinski definition) is 1. The van der Waals surface area contributed by atoms with Gasteiger partial charge in [0.05, 0.1) is 16.0 Å². The first-order valence-electron chi connectivity index (χ1n) is 7.94. The number of anilines is 1. The van der Waals surface area contributed by atoms with Crippen LogP contribution < -0.4 is 5.32 Å². The molecular weight excluding hydrogens is 369 g/mol. The summed E-state index contributed by atoms with van der Waals surface area (Å²) in [5, 5.41) is 4.47. The number of ether oxygens (including phenoxy) is 1. The summed E-state index contributed by atoms with van der Waals surface area (Å²) < 4.78 is 18.5. The maximum atomic E-state index is 13.6. The summed E-state index contributed by atoms with van der Waals surface area (Å²) in [7, 11) is 0. The van der Waals surface area contributed by atoms with E-state index in [0.29, 0.717) is 10.6 Å². The number of Topliss-reactive ketones (excluding diaryl/α,β-unsaturated/α-hetero) is 1. The van der Waals surface area contributed by atoms with Gasteiger partial charge < -0.3 is 10.1 Å². The fourth-order valence-electron chi connectivity index (χ4n) is 2.30. The Labute approximate surface area is 158 Å². The molecule has 5 nitrogen and oxygen atoms in total. The van der Waals surface area contributed by atoms with Crippen molar-refractivity contribution >= 4 is 34.7 Å². The zero-order valence-electron chi connectivity index (χ0n) is 14.0. The summed E-state index contributed by atoms with van der Waals surface area (Å²) in [6, 6.07) is 15.1. The number of ketones is 1. The Morgan fingerprint density at radius 3 is 2.56 bits per heavy atom. The van der Waals surface area contributed by atoms with Crippen LogP contribution in [-0.2, 0) is 4.74 Å². The Morgan fingerprint density at radius 1 is 1.00 bits per heavy atom. The molecule has 0 saturated heterocycles. The van der Waals surface area contributed by atoms with Gasteiger partial charge in [-0.3, -0.25) is 9.59 Å². The molecule has 0 bridgehead atoms. The Bertz CT molecular complexity index is 985. The predicted molar refractivity (Wildman–Crippen MR) is 99.7 cm³/mol. The van der Waals surface area contributed by atoms with Crippen molar-refractivity contribution in [3.05, 3.63) is 87.9 Å². The van der Waals surface area contributed by atoms with Crippen LogP contribution in [0.1, 0.15) is 30.4 Å². The molecule has 0 aliphatic heterocycles. The normalized spacial score (nSPS) is 10.3. The minimum atomic E-state index is -0.744. The number of esters is 1. The number of halogens is 1. The van der Waals surface area contributed by atoms with Gasteiger partial charge in [0.25, 0.3) is 5.91 Å². The van der Waals surface area contributed by atoms with Gasteiger partial charge in [-0.15, -0.1) is 11.3 Å². The number of hydrogen-bond acceptors (Lipinski definition) is 5. The second-order valence-corrected chi connectivity index (χ2v) is 6.44. The molecule has 7 heteroatoms. The van der Waals surface area contributed by atoms with Crippen molar-refractivity contribution in [1.82, 2.24) is 0 Å². The van der Waals surface area contributed by atoms with E-state index in [1.54, 1.807) is 29.6 Å². The lowest BCUT2D eigenvalue weighted by molar-refractivity contribution is 0.0473. The van der Waals surface area contributed by atoms with Crippen molar-refractivity contribution in [2.75, 3.05) is 11.9 Å². The summed E-state index contributed by atoms with van der Waals surface area (Å²) in [5.74, 6) is -2.34. The summed E-state index contributed by atoms with van der Waals surface area (Å²) in [6.07, 6.45) is 0. The molecule has 0 unspecified atom stereocenters. The average molecular weight is 383 g/mol. The number of nitrogens with one attached hydrogen (secondary N) is 1. The van der Waals surface area contributed by atoms with Crippen LogP contribution in [0.15, 0.2) is 66.0 Å². The number of carbonyl (C=O) groups is 3. The van der Waals surface area contributed by atoms with Crippen LogP contribution in [0.5, 0.6) is 0 Å². The van der Waals surface area contributed by atoms with E-state index in [1.165, 1.54) is 41.7 Å². The summed E-state index contributed by atoms with van der Waals surface area (Å²) in [5.41, 5.74) is 0.450. The Morgan fingerprint density at radius 2 is 1.81 bits per heavy atom. The van der Waals surface area contributed by atoms with Crippen molar-refractivity contribution in [2.24, 2.45) is 0 Å². The molecule has 0 saturated carbocycles. The van der Waals surface area contributed by atoms with E-state index in [9.17, 15) is 18.8 Å².